The summed E-state index contributed by atoms with van der Waals surface area (Å²) in [6.45, 7) is 3.48. The molecule has 0 saturated carbocycles. The molecule has 0 aliphatic carbocycles. The number of hydrogen-bond acceptors (Lipinski definition) is 3. The lowest BCUT2D eigenvalue weighted by Gasteiger charge is -2.14. The molecule has 1 amide bonds. The summed E-state index contributed by atoms with van der Waals surface area (Å²) in [7, 11) is 0. The van der Waals surface area contributed by atoms with E-state index < -0.39 is 0 Å². The summed E-state index contributed by atoms with van der Waals surface area (Å²) < 4.78 is 13.5. The van der Waals surface area contributed by atoms with E-state index in [1.165, 1.54) is 6.07 Å². The maximum absolute atomic E-state index is 13.5. The first-order valence-corrected chi connectivity index (χ1v) is 6.27. The highest BCUT2D eigenvalue weighted by molar-refractivity contribution is 5.92. The average Bonchev–Trinajstić information content (AvgIpc) is 2.41. The van der Waals surface area contributed by atoms with Crippen LogP contribution < -0.4 is 11.1 Å². The summed E-state index contributed by atoms with van der Waals surface area (Å²) in [6, 6.07) is 9.42. The number of anilines is 1. The van der Waals surface area contributed by atoms with Crippen molar-refractivity contribution >= 4 is 11.7 Å². The molecule has 5 heteroatoms. The van der Waals surface area contributed by atoms with E-state index in [9.17, 15) is 9.18 Å². The van der Waals surface area contributed by atoms with Crippen LogP contribution in [-0.2, 0) is 0 Å². The second-order valence-corrected chi connectivity index (χ2v) is 4.65. The molecule has 0 bridgehead atoms. The summed E-state index contributed by atoms with van der Waals surface area (Å²) in [5.41, 5.74) is 7.05. The number of nitrogens with zero attached hydrogens (tertiary/aromatic N) is 1. The first kappa shape index (κ1) is 14.0. The van der Waals surface area contributed by atoms with Gasteiger partial charge in [-0.3, -0.25) is 4.79 Å². The number of carbonyl (C=O) groups excluding carboxylic acids is 1. The number of benzene rings is 1. The molecule has 3 N–H and O–H groups in total. The third-order valence-electron chi connectivity index (χ3n) is 3.05. The molecule has 0 fully saturated rings. The number of amides is 1. The molecule has 0 radical (unpaired) electrons. The van der Waals surface area contributed by atoms with Crippen molar-refractivity contribution in [3.8, 4) is 0 Å². The molecule has 2 aromatic rings. The predicted molar refractivity (Wildman–Crippen MR) is 75.7 cm³/mol. The first-order chi connectivity index (χ1) is 9.47. The van der Waals surface area contributed by atoms with Crippen LogP contribution >= 0.6 is 0 Å². The maximum Gasteiger partial charge on any atom is 0.270 e. The molecule has 4 nitrogen and oxygen atoms in total. The van der Waals surface area contributed by atoms with Crippen LogP contribution in [0, 0.1) is 12.7 Å². The Morgan fingerprint density at radius 1 is 1.35 bits per heavy atom. The van der Waals surface area contributed by atoms with Crippen LogP contribution in [0.5, 0.6) is 0 Å². The van der Waals surface area contributed by atoms with Gasteiger partial charge in [0.05, 0.1) is 6.04 Å². The normalized spacial score (nSPS) is 11.9. The van der Waals surface area contributed by atoms with Crippen LogP contribution in [0.15, 0.2) is 36.4 Å². The zero-order valence-corrected chi connectivity index (χ0v) is 11.4. The number of carbonyl (C=O) groups is 1. The Morgan fingerprint density at radius 2 is 2.10 bits per heavy atom. The number of pyridine rings is 1. The van der Waals surface area contributed by atoms with Crippen LogP contribution in [-0.4, -0.2) is 10.9 Å². The lowest BCUT2D eigenvalue weighted by Crippen LogP contribution is -2.27. The van der Waals surface area contributed by atoms with Gasteiger partial charge in [0.2, 0.25) is 0 Å². The van der Waals surface area contributed by atoms with Gasteiger partial charge >= 0.3 is 0 Å². The van der Waals surface area contributed by atoms with Crippen LogP contribution in [0.4, 0.5) is 10.2 Å². The topological polar surface area (TPSA) is 68.0 Å². The average molecular weight is 273 g/mol. The van der Waals surface area contributed by atoms with Gasteiger partial charge < -0.3 is 11.1 Å². The summed E-state index contributed by atoms with van der Waals surface area (Å²) in [6.07, 6.45) is 0. The van der Waals surface area contributed by atoms with Crippen molar-refractivity contribution in [2.75, 3.05) is 5.73 Å². The van der Waals surface area contributed by atoms with Crippen LogP contribution in [0.3, 0.4) is 0 Å². The lowest BCUT2D eigenvalue weighted by molar-refractivity contribution is 0.0935. The highest BCUT2D eigenvalue weighted by atomic mass is 19.1. The number of nitrogen functional groups attached to an aromatic ring is 1. The molecule has 1 heterocycles. The number of aromatic nitrogens is 1. The number of halogens is 1. The van der Waals surface area contributed by atoms with Gasteiger partial charge in [-0.1, -0.05) is 18.2 Å². The summed E-state index contributed by atoms with van der Waals surface area (Å²) >= 11 is 0. The Balaban J connectivity index is 2.13. The maximum atomic E-state index is 13.5. The molecule has 1 atom stereocenters. The van der Waals surface area contributed by atoms with Crippen molar-refractivity contribution in [3.63, 3.8) is 0 Å². The van der Waals surface area contributed by atoms with E-state index in [1.54, 1.807) is 44.2 Å². The van der Waals surface area contributed by atoms with Crippen LogP contribution in [0.2, 0.25) is 0 Å². The lowest BCUT2D eigenvalue weighted by atomic mass is 10.1. The molecule has 0 spiro atoms. The molecule has 1 unspecified atom stereocenters. The Labute approximate surface area is 116 Å². The molecular weight excluding hydrogens is 257 g/mol. The van der Waals surface area contributed by atoms with Crippen molar-refractivity contribution < 1.29 is 9.18 Å². The molecule has 20 heavy (non-hydrogen) atoms. The van der Waals surface area contributed by atoms with Gasteiger partial charge in [-0.2, -0.15) is 0 Å². The van der Waals surface area contributed by atoms with Crippen LogP contribution in [0.1, 0.15) is 34.6 Å². The highest BCUT2D eigenvalue weighted by Crippen LogP contribution is 2.16. The van der Waals surface area contributed by atoms with Crippen molar-refractivity contribution in [3.05, 3.63) is 59.0 Å². The summed E-state index contributed by atoms with van der Waals surface area (Å²) in [4.78, 5) is 16.0. The highest BCUT2D eigenvalue weighted by Gasteiger charge is 2.13. The Hall–Kier alpha value is -2.43. The van der Waals surface area contributed by atoms with Crippen molar-refractivity contribution in [1.82, 2.24) is 10.3 Å². The van der Waals surface area contributed by atoms with Gasteiger partial charge in [0.25, 0.3) is 5.91 Å². The zero-order chi connectivity index (χ0) is 14.7. The van der Waals surface area contributed by atoms with Crippen molar-refractivity contribution in [2.45, 2.75) is 19.9 Å². The van der Waals surface area contributed by atoms with Gasteiger partial charge in [0.1, 0.15) is 17.3 Å². The summed E-state index contributed by atoms with van der Waals surface area (Å²) in [5.74, 6) is -0.344. The van der Waals surface area contributed by atoms with E-state index in [4.69, 9.17) is 5.73 Å². The van der Waals surface area contributed by atoms with Crippen molar-refractivity contribution in [1.29, 1.82) is 0 Å². The molecule has 2 rings (SSSR count). The third-order valence-corrected chi connectivity index (χ3v) is 3.05. The zero-order valence-electron chi connectivity index (χ0n) is 11.4. The second-order valence-electron chi connectivity index (χ2n) is 4.65. The number of aryl methyl sites for hydroxylation is 1. The van der Waals surface area contributed by atoms with E-state index in [2.05, 4.69) is 10.3 Å². The van der Waals surface area contributed by atoms with E-state index in [0.29, 0.717) is 11.1 Å². The van der Waals surface area contributed by atoms with Gasteiger partial charge in [-0.05, 0) is 43.2 Å². The Morgan fingerprint density at radius 3 is 2.75 bits per heavy atom. The minimum Gasteiger partial charge on any atom is -0.384 e. The second kappa shape index (κ2) is 5.69. The van der Waals surface area contributed by atoms with Crippen molar-refractivity contribution in [2.24, 2.45) is 0 Å². The largest absolute Gasteiger partial charge is 0.384 e. The SMILES string of the molecule is Cc1ccc(C(C)NC(=O)c2cccc(N)n2)cc1F. The minimum absolute atomic E-state index is 0.240. The van der Waals surface area contributed by atoms with Gasteiger partial charge in [0.15, 0.2) is 0 Å². The Bertz CT molecular complexity index is 643. The smallest absolute Gasteiger partial charge is 0.270 e. The standard InChI is InChI=1S/C15H16FN3O/c1-9-6-7-11(8-12(9)16)10(2)18-15(20)13-4-3-5-14(17)19-13/h3-8,10H,1-2H3,(H2,17,19)(H,18,20). The molecule has 0 aliphatic rings. The van der Waals surface area contributed by atoms with E-state index in [0.717, 1.165) is 0 Å². The van der Waals surface area contributed by atoms with E-state index >= 15 is 0 Å². The Kier molecular flexibility index (Phi) is 3.98. The molecule has 0 aliphatic heterocycles. The number of nitrogens with two attached hydrogens (primary N) is 1. The number of hydrogen-bond donors (Lipinski definition) is 2. The third kappa shape index (κ3) is 3.12. The molecule has 1 aromatic carbocycles. The van der Waals surface area contributed by atoms with E-state index in [1.807, 2.05) is 0 Å². The number of rotatable bonds is 3. The predicted octanol–water partition coefficient (Wildman–Crippen LogP) is 2.60. The molecule has 1 aromatic heterocycles. The first-order valence-electron chi connectivity index (χ1n) is 6.27. The van der Waals surface area contributed by atoms with Crippen LogP contribution in [0.25, 0.3) is 0 Å². The fourth-order valence-electron chi connectivity index (χ4n) is 1.81. The minimum atomic E-state index is -0.342. The monoisotopic (exact) mass is 273 g/mol. The fraction of sp³-hybridized carbons (Fsp3) is 0.200. The quantitative estimate of drug-likeness (QED) is 0.903. The molecular formula is C15H16FN3O. The fourth-order valence-corrected chi connectivity index (χ4v) is 1.81. The molecule has 104 valence electrons. The molecule has 0 saturated heterocycles. The van der Waals surface area contributed by atoms with E-state index in [-0.39, 0.29) is 29.3 Å². The number of nitrogens with one attached hydrogen (secondary N) is 1. The summed E-state index contributed by atoms with van der Waals surface area (Å²) in [5, 5.41) is 2.76. The van der Waals surface area contributed by atoms with Gasteiger partial charge in [0, 0.05) is 0 Å². The van der Waals surface area contributed by atoms with Gasteiger partial charge in [-0.25, -0.2) is 9.37 Å². The van der Waals surface area contributed by atoms with Gasteiger partial charge in [-0.15, -0.1) is 0 Å².